The molecule has 1 amide bonds. The molecule has 2 aliphatic rings. The van der Waals surface area contributed by atoms with Gasteiger partial charge in [0.05, 0.1) is 6.04 Å². The fraction of sp³-hybridized carbons (Fsp3) is 0.667. The zero-order valence-corrected chi connectivity index (χ0v) is 16.1. The van der Waals surface area contributed by atoms with Gasteiger partial charge in [-0.1, -0.05) is 24.6 Å². The van der Waals surface area contributed by atoms with Crippen LogP contribution in [0.4, 0.5) is 0 Å². The summed E-state index contributed by atoms with van der Waals surface area (Å²) in [6.45, 7) is 12.4. The molecular formula is C21H32N2O2. The van der Waals surface area contributed by atoms with Crippen molar-refractivity contribution in [2.45, 2.75) is 65.6 Å². The lowest BCUT2D eigenvalue weighted by Gasteiger charge is -2.33. The van der Waals surface area contributed by atoms with Gasteiger partial charge in [-0.05, 0) is 58.7 Å². The molecule has 2 aliphatic heterocycles. The first-order valence-electron chi connectivity index (χ1n) is 9.72. The van der Waals surface area contributed by atoms with E-state index in [1.54, 1.807) is 0 Å². The molecule has 0 N–H and O–H groups in total. The Morgan fingerprint density at radius 2 is 1.92 bits per heavy atom. The highest BCUT2D eigenvalue weighted by atomic mass is 16.5. The number of fused-ring (bicyclic) bond motifs is 1. The Kier molecular flexibility index (Phi) is 5.67. The summed E-state index contributed by atoms with van der Waals surface area (Å²) in [7, 11) is 0. The minimum Gasteiger partial charge on any atom is -0.488 e. The molecule has 0 unspecified atom stereocenters. The van der Waals surface area contributed by atoms with Crippen LogP contribution in [-0.4, -0.2) is 47.5 Å². The first kappa shape index (κ1) is 18.2. The third kappa shape index (κ3) is 4.35. The minimum absolute atomic E-state index is 0.00347. The Hall–Kier alpha value is -1.55. The standard InChI is InChI=1S/C21H32N2O2/c1-15-7-10-22(11-8-15)12-9-21(24)23-14-19-13-16(2)5-6-20(19)25-18(4)17(23)3/h5-6,13,15,17-18H,7-12,14H2,1-4H3/t17-,18-/m1/s1. The van der Waals surface area contributed by atoms with Crippen LogP contribution in [0.3, 0.4) is 0 Å². The molecule has 0 bridgehead atoms. The van der Waals surface area contributed by atoms with Crippen LogP contribution in [0.15, 0.2) is 18.2 Å². The van der Waals surface area contributed by atoms with Gasteiger partial charge in [0.1, 0.15) is 11.9 Å². The Labute approximate surface area is 152 Å². The third-order valence-corrected chi connectivity index (χ3v) is 5.88. The van der Waals surface area contributed by atoms with Crippen LogP contribution in [0, 0.1) is 12.8 Å². The molecule has 1 aromatic carbocycles. The van der Waals surface area contributed by atoms with Gasteiger partial charge in [0.15, 0.2) is 0 Å². The molecule has 25 heavy (non-hydrogen) atoms. The predicted molar refractivity (Wildman–Crippen MR) is 101 cm³/mol. The van der Waals surface area contributed by atoms with Crippen LogP contribution in [0.5, 0.6) is 5.75 Å². The molecule has 1 fully saturated rings. The Balaban J connectivity index is 1.65. The van der Waals surface area contributed by atoms with Crippen LogP contribution < -0.4 is 4.74 Å². The molecule has 138 valence electrons. The number of hydrogen-bond acceptors (Lipinski definition) is 3. The van der Waals surface area contributed by atoms with E-state index >= 15 is 0 Å². The van der Waals surface area contributed by atoms with Crippen LogP contribution in [-0.2, 0) is 11.3 Å². The third-order valence-electron chi connectivity index (χ3n) is 5.88. The smallest absolute Gasteiger partial charge is 0.224 e. The van der Waals surface area contributed by atoms with E-state index in [0.717, 1.165) is 36.9 Å². The molecule has 4 nitrogen and oxygen atoms in total. The predicted octanol–water partition coefficient (Wildman–Crippen LogP) is 3.62. The van der Waals surface area contributed by atoms with Crippen molar-refractivity contribution in [3.63, 3.8) is 0 Å². The minimum atomic E-state index is 0.00347. The number of likely N-dealkylation sites (tertiary alicyclic amines) is 1. The molecule has 2 atom stereocenters. The summed E-state index contributed by atoms with van der Waals surface area (Å²) in [6, 6.07) is 6.34. The molecule has 2 heterocycles. The number of benzene rings is 1. The summed E-state index contributed by atoms with van der Waals surface area (Å²) in [5.41, 5.74) is 2.33. The van der Waals surface area contributed by atoms with Gasteiger partial charge in [-0.3, -0.25) is 4.79 Å². The Morgan fingerprint density at radius 3 is 2.64 bits per heavy atom. The lowest BCUT2D eigenvalue weighted by atomic mass is 9.99. The van der Waals surface area contributed by atoms with Gasteiger partial charge in [-0.25, -0.2) is 0 Å². The van der Waals surface area contributed by atoms with E-state index in [9.17, 15) is 4.79 Å². The second kappa shape index (κ2) is 7.77. The van der Waals surface area contributed by atoms with Gasteiger partial charge in [-0.15, -0.1) is 0 Å². The highest BCUT2D eigenvalue weighted by Crippen LogP contribution is 2.29. The normalized spacial score (nSPS) is 25.2. The Bertz CT molecular complexity index is 608. The molecule has 1 aromatic rings. The van der Waals surface area contributed by atoms with Crippen molar-refractivity contribution < 1.29 is 9.53 Å². The van der Waals surface area contributed by atoms with E-state index in [2.05, 4.69) is 44.7 Å². The van der Waals surface area contributed by atoms with E-state index in [4.69, 9.17) is 4.74 Å². The van der Waals surface area contributed by atoms with Crippen molar-refractivity contribution in [1.82, 2.24) is 9.80 Å². The van der Waals surface area contributed by atoms with Crippen molar-refractivity contribution in [2.24, 2.45) is 5.92 Å². The molecule has 0 aliphatic carbocycles. The maximum atomic E-state index is 13.0. The average Bonchev–Trinajstić information content (AvgIpc) is 2.71. The molecule has 0 spiro atoms. The highest BCUT2D eigenvalue weighted by molar-refractivity contribution is 5.77. The second-order valence-electron chi connectivity index (χ2n) is 7.97. The number of amides is 1. The summed E-state index contributed by atoms with van der Waals surface area (Å²) in [4.78, 5) is 17.4. The van der Waals surface area contributed by atoms with Crippen molar-refractivity contribution in [1.29, 1.82) is 0 Å². The topological polar surface area (TPSA) is 32.8 Å². The quantitative estimate of drug-likeness (QED) is 0.840. The fourth-order valence-corrected chi connectivity index (χ4v) is 3.82. The molecule has 1 saturated heterocycles. The number of nitrogens with zero attached hydrogens (tertiary/aromatic N) is 2. The number of piperidine rings is 1. The first-order valence-corrected chi connectivity index (χ1v) is 9.72. The molecule has 0 radical (unpaired) electrons. The number of hydrogen-bond donors (Lipinski definition) is 0. The maximum Gasteiger partial charge on any atom is 0.224 e. The molecular weight excluding hydrogens is 312 g/mol. The average molecular weight is 344 g/mol. The van der Waals surface area contributed by atoms with Crippen molar-refractivity contribution in [3.8, 4) is 5.75 Å². The highest BCUT2D eigenvalue weighted by Gasteiger charge is 2.30. The monoisotopic (exact) mass is 344 g/mol. The number of carbonyl (C=O) groups excluding carboxylic acids is 1. The van der Waals surface area contributed by atoms with E-state index in [0.29, 0.717) is 13.0 Å². The Morgan fingerprint density at radius 1 is 1.20 bits per heavy atom. The number of ether oxygens (including phenoxy) is 1. The van der Waals surface area contributed by atoms with Gasteiger partial charge in [-0.2, -0.15) is 0 Å². The van der Waals surface area contributed by atoms with E-state index in [-0.39, 0.29) is 18.1 Å². The molecule has 3 rings (SSSR count). The molecule has 0 saturated carbocycles. The van der Waals surface area contributed by atoms with E-state index in [1.807, 2.05) is 11.0 Å². The summed E-state index contributed by atoms with van der Waals surface area (Å²) >= 11 is 0. The van der Waals surface area contributed by atoms with Crippen molar-refractivity contribution in [3.05, 3.63) is 29.3 Å². The summed E-state index contributed by atoms with van der Waals surface area (Å²) in [5, 5.41) is 0. The molecule has 4 heteroatoms. The van der Waals surface area contributed by atoms with Gasteiger partial charge < -0.3 is 14.5 Å². The van der Waals surface area contributed by atoms with Crippen LogP contribution >= 0.6 is 0 Å². The maximum absolute atomic E-state index is 13.0. The summed E-state index contributed by atoms with van der Waals surface area (Å²) in [6.07, 6.45) is 3.12. The van der Waals surface area contributed by atoms with Crippen molar-refractivity contribution in [2.75, 3.05) is 19.6 Å². The fourth-order valence-electron chi connectivity index (χ4n) is 3.82. The van der Waals surface area contributed by atoms with Gasteiger partial charge >= 0.3 is 0 Å². The second-order valence-corrected chi connectivity index (χ2v) is 7.97. The van der Waals surface area contributed by atoms with Gasteiger partial charge in [0.25, 0.3) is 0 Å². The van der Waals surface area contributed by atoms with Crippen molar-refractivity contribution >= 4 is 5.91 Å². The van der Waals surface area contributed by atoms with Crippen LogP contribution in [0.2, 0.25) is 0 Å². The lowest BCUT2D eigenvalue weighted by Crippen LogP contribution is -2.45. The summed E-state index contributed by atoms with van der Waals surface area (Å²) < 4.78 is 6.11. The molecule has 0 aromatic heterocycles. The number of carbonyl (C=O) groups is 1. The SMILES string of the molecule is Cc1ccc2c(c1)CN(C(=O)CCN1CCC(C)CC1)[C@H](C)[C@@H](C)O2. The zero-order valence-electron chi connectivity index (χ0n) is 16.1. The number of rotatable bonds is 3. The largest absolute Gasteiger partial charge is 0.488 e. The summed E-state index contributed by atoms with van der Waals surface area (Å²) in [5.74, 6) is 2.00. The van der Waals surface area contributed by atoms with Gasteiger partial charge in [0, 0.05) is 25.1 Å². The number of aryl methyl sites for hydroxylation is 1. The van der Waals surface area contributed by atoms with Crippen LogP contribution in [0.25, 0.3) is 0 Å². The van der Waals surface area contributed by atoms with Crippen LogP contribution in [0.1, 0.15) is 51.2 Å². The first-order chi connectivity index (χ1) is 11.9. The lowest BCUT2D eigenvalue weighted by molar-refractivity contribution is -0.135. The zero-order chi connectivity index (χ0) is 18.0. The van der Waals surface area contributed by atoms with E-state index < -0.39 is 0 Å². The van der Waals surface area contributed by atoms with E-state index in [1.165, 1.54) is 18.4 Å². The van der Waals surface area contributed by atoms with Gasteiger partial charge in [0.2, 0.25) is 5.91 Å².